The fourth-order valence-corrected chi connectivity index (χ4v) is 4.32. The van der Waals surface area contributed by atoms with Gasteiger partial charge >= 0.3 is 6.03 Å². The van der Waals surface area contributed by atoms with Crippen molar-refractivity contribution in [3.63, 3.8) is 0 Å². The first kappa shape index (κ1) is 16.3. The van der Waals surface area contributed by atoms with E-state index < -0.39 is 0 Å². The molecule has 2 amide bonds. The van der Waals surface area contributed by atoms with Gasteiger partial charge in [0.1, 0.15) is 0 Å². The smallest absolute Gasteiger partial charge is 0.317 e. The Hall–Kier alpha value is -1.03. The van der Waals surface area contributed by atoms with Gasteiger partial charge in [-0.1, -0.05) is 19.3 Å². The van der Waals surface area contributed by atoms with Gasteiger partial charge in [0.2, 0.25) is 0 Å². The largest absolute Gasteiger partial charge is 0.331 e. The number of thiophene rings is 1. The molecular weight excluding hydrogens is 280 g/mol. The minimum atomic E-state index is 0.0522. The molecule has 1 saturated carbocycles. The first-order valence-corrected chi connectivity index (χ1v) is 8.87. The Morgan fingerprint density at radius 3 is 2.62 bits per heavy atom. The summed E-state index contributed by atoms with van der Waals surface area (Å²) in [5.74, 6) is 0.690. The molecule has 1 aromatic rings. The Labute approximate surface area is 132 Å². The number of carbonyl (C=O) groups is 1. The van der Waals surface area contributed by atoms with E-state index in [0.29, 0.717) is 5.92 Å². The molecular formula is C17H28N2OS. The van der Waals surface area contributed by atoms with Gasteiger partial charge in [-0.2, -0.15) is 0 Å². The molecule has 4 heteroatoms. The second-order valence-electron chi connectivity index (χ2n) is 6.42. The maximum Gasteiger partial charge on any atom is 0.317 e. The molecule has 1 aromatic heterocycles. The predicted molar refractivity (Wildman–Crippen MR) is 89.9 cm³/mol. The van der Waals surface area contributed by atoms with Crippen LogP contribution in [0.5, 0.6) is 0 Å². The number of nitrogens with zero attached hydrogens (tertiary/aromatic N) is 1. The van der Waals surface area contributed by atoms with Crippen LogP contribution in [0.25, 0.3) is 0 Å². The summed E-state index contributed by atoms with van der Waals surface area (Å²) >= 11 is 1.80. The van der Waals surface area contributed by atoms with Crippen molar-refractivity contribution in [1.82, 2.24) is 10.2 Å². The van der Waals surface area contributed by atoms with E-state index >= 15 is 0 Å². The van der Waals surface area contributed by atoms with Gasteiger partial charge in [-0.3, -0.25) is 0 Å². The molecule has 1 fully saturated rings. The Morgan fingerprint density at radius 1 is 1.38 bits per heavy atom. The monoisotopic (exact) mass is 308 g/mol. The van der Waals surface area contributed by atoms with Gasteiger partial charge in [-0.15, -0.1) is 11.3 Å². The lowest BCUT2D eigenvalue weighted by Gasteiger charge is -2.28. The average Bonchev–Trinajstić information content (AvgIpc) is 2.78. The number of hydrogen-bond acceptors (Lipinski definition) is 2. The summed E-state index contributed by atoms with van der Waals surface area (Å²) in [4.78, 5) is 16.8. The van der Waals surface area contributed by atoms with Crippen LogP contribution in [-0.4, -0.2) is 24.5 Å². The van der Waals surface area contributed by atoms with Gasteiger partial charge < -0.3 is 10.2 Å². The quantitative estimate of drug-likeness (QED) is 0.863. The summed E-state index contributed by atoms with van der Waals surface area (Å²) in [6.07, 6.45) is 6.56. The van der Waals surface area contributed by atoms with E-state index in [1.54, 1.807) is 11.3 Å². The summed E-state index contributed by atoms with van der Waals surface area (Å²) in [6, 6.07) is 2.32. The molecule has 0 aromatic carbocycles. The fourth-order valence-electron chi connectivity index (χ4n) is 3.29. The Balaban J connectivity index is 1.86. The highest BCUT2D eigenvalue weighted by atomic mass is 32.1. The van der Waals surface area contributed by atoms with Crippen molar-refractivity contribution in [2.45, 2.75) is 58.9 Å². The van der Waals surface area contributed by atoms with Gasteiger partial charge in [0.05, 0.1) is 6.04 Å². The Morgan fingerprint density at radius 2 is 2.05 bits per heavy atom. The van der Waals surface area contributed by atoms with E-state index in [9.17, 15) is 4.79 Å². The predicted octanol–water partition coefficient (Wildman–Crippen LogP) is 4.65. The molecule has 1 atom stereocenters. The molecule has 3 nitrogen and oxygen atoms in total. The molecule has 118 valence electrons. The first-order valence-electron chi connectivity index (χ1n) is 8.06. The lowest BCUT2D eigenvalue weighted by Crippen LogP contribution is -2.41. The van der Waals surface area contributed by atoms with Crippen molar-refractivity contribution in [2.75, 3.05) is 13.6 Å². The Bertz CT molecular complexity index is 477. The highest BCUT2D eigenvalue weighted by Gasteiger charge is 2.20. The van der Waals surface area contributed by atoms with Gasteiger partial charge in [-0.25, -0.2) is 4.79 Å². The lowest BCUT2D eigenvalue weighted by molar-refractivity contribution is 0.189. The zero-order valence-electron chi connectivity index (χ0n) is 13.7. The zero-order valence-corrected chi connectivity index (χ0v) is 14.6. The molecule has 0 bridgehead atoms. The minimum absolute atomic E-state index is 0.0522. The summed E-state index contributed by atoms with van der Waals surface area (Å²) in [5.41, 5.74) is 1.25. The van der Waals surface area contributed by atoms with Gasteiger partial charge in [-0.05, 0) is 51.2 Å². The van der Waals surface area contributed by atoms with Crippen molar-refractivity contribution in [2.24, 2.45) is 5.92 Å². The van der Waals surface area contributed by atoms with Crippen molar-refractivity contribution in [3.8, 4) is 0 Å². The molecule has 21 heavy (non-hydrogen) atoms. The molecule has 2 rings (SSSR count). The lowest BCUT2D eigenvalue weighted by atomic mass is 9.89. The molecule has 0 aliphatic heterocycles. The average molecular weight is 308 g/mol. The SMILES string of the molecule is Cc1cc(C(C)NC(=O)N(C)CC2CCCCC2)c(C)s1. The van der Waals surface area contributed by atoms with E-state index in [1.807, 2.05) is 11.9 Å². The van der Waals surface area contributed by atoms with Crippen molar-refractivity contribution < 1.29 is 4.79 Å². The molecule has 1 unspecified atom stereocenters. The molecule has 1 aliphatic rings. The van der Waals surface area contributed by atoms with Crippen LogP contribution >= 0.6 is 11.3 Å². The first-order chi connectivity index (χ1) is 9.97. The number of hydrogen-bond donors (Lipinski definition) is 1. The van der Waals surface area contributed by atoms with Crippen LogP contribution < -0.4 is 5.32 Å². The second kappa shape index (κ2) is 7.30. The third-order valence-electron chi connectivity index (χ3n) is 4.49. The summed E-state index contributed by atoms with van der Waals surface area (Å²) in [6.45, 7) is 7.20. The Kier molecular flexibility index (Phi) is 5.68. The van der Waals surface area contributed by atoms with Crippen LogP contribution in [0.15, 0.2) is 6.07 Å². The van der Waals surface area contributed by atoms with E-state index in [2.05, 4.69) is 32.2 Å². The zero-order chi connectivity index (χ0) is 15.4. The highest BCUT2D eigenvalue weighted by Crippen LogP contribution is 2.27. The molecule has 0 spiro atoms. The van der Waals surface area contributed by atoms with Crippen molar-refractivity contribution in [3.05, 3.63) is 21.4 Å². The third-order valence-corrected chi connectivity index (χ3v) is 5.47. The number of amides is 2. The normalized spacial score (nSPS) is 17.5. The molecule has 1 aliphatic carbocycles. The van der Waals surface area contributed by atoms with Gasteiger partial charge in [0.25, 0.3) is 0 Å². The van der Waals surface area contributed by atoms with E-state index in [-0.39, 0.29) is 12.1 Å². The number of carbonyl (C=O) groups excluding carboxylic acids is 1. The van der Waals surface area contributed by atoms with E-state index in [0.717, 1.165) is 6.54 Å². The third kappa shape index (κ3) is 4.47. The van der Waals surface area contributed by atoms with Crippen LogP contribution in [0.3, 0.4) is 0 Å². The van der Waals surface area contributed by atoms with Crippen LogP contribution in [0, 0.1) is 19.8 Å². The standard InChI is InChI=1S/C17H28N2OS/c1-12-10-16(14(3)21-12)13(2)18-17(20)19(4)11-15-8-6-5-7-9-15/h10,13,15H,5-9,11H2,1-4H3,(H,18,20). The van der Waals surface area contributed by atoms with Crippen LogP contribution in [0.1, 0.15) is 60.4 Å². The molecule has 0 radical (unpaired) electrons. The summed E-state index contributed by atoms with van der Waals surface area (Å²) in [7, 11) is 1.92. The molecule has 0 saturated heterocycles. The topological polar surface area (TPSA) is 32.3 Å². The maximum atomic E-state index is 12.3. The van der Waals surface area contributed by atoms with Crippen molar-refractivity contribution >= 4 is 17.4 Å². The van der Waals surface area contributed by atoms with Crippen LogP contribution in [-0.2, 0) is 0 Å². The van der Waals surface area contributed by atoms with Crippen molar-refractivity contribution in [1.29, 1.82) is 0 Å². The molecule has 1 heterocycles. The van der Waals surface area contributed by atoms with Gasteiger partial charge in [0, 0.05) is 23.3 Å². The van der Waals surface area contributed by atoms with Crippen LogP contribution in [0.2, 0.25) is 0 Å². The summed E-state index contributed by atoms with van der Waals surface area (Å²) in [5, 5.41) is 3.13. The number of aryl methyl sites for hydroxylation is 2. The highest BCUT2D eigenvalue weighted by molar-refractivity contribution is 7.12. The number of urea groups is 1. The van der Waals surface area contributed by atoms with E-state index in [4.69, 9.17) is 0 Å². The second-order valence-corrected chi connectivity index (χ2v) is 7.88. The minimum Gasteiger partial charge on any atom is -0.331 e. The summed E-state index contributed by atoms with van der Waals surface area (Å²) < 4.78 is 0. The fraction of sp³-hybridized carbons (Fsp3) is 0.706. The van der Waals surface area contributed by atoms with Crippen LogP contribution in [0.4, 0.5) is 4.79 Å². The number of rotatable bonds is 4. The number of nitrogens with one attached hydrogen (secondary N) is 1. The molecule has 1 N–H and O–H groups in total. The maximum absolute atomic E-state index is 12.3. The van der Waals surface area contributed by atoms with Gasteiger partial charge in [0.15, 0.2) is 0 Å². The van der Waals surface area contributed by atoms with E-state index in [1.165, 1.54) is 47.4 Å².